The number of ketones is 1. The van der Waals surface area contributed by atoms with Crippen LogP contribution in [0.4, 0.5) is 4.39 Å². The molecule has 2 saturated heterocycles. The van der Waals surface area contributed by atoms with E-state index in [1.807, 2.05) is 0 Å². The quantitative estimate of drug-likeness (QED) is 0.799. The van der Waals surface area contributed by atoms with Gasteiger partial charge in [0.1, 0.15) is 5.82 Å². The van der Waals surface area contributed by atoms with Crippen molar-refractivity contribution in [2.24, 2.45) is 0 Å². The Bertz CT molecular complexity index is 506. The van der Waals surface area contributed by atoms with Crippen molar-refractivity contribution in [2.75, 3.05) is 32.7 Å². The molecule has 0 bridgehead atoms. The first kappa shape index (κ1) is 15.6. The van der Waals surface area contributed by atoms with Gasteiger partial charge in [-0.15, -0.1) is 0 Å². The lowest BCUT2D eigenvalue weighted by Crippen LogP contribution is -2.47. The van der Waals surface area contributed by atoms with Gasteiger partial charge in [-0.05, 0) is 50.9 Å². The Kier molecular flexibility index (Phi) is 5.21. The topological polar surface area (TPSA) is 23.6 Å². The number of hydrogen-bond acceptors (Lipinski definition) is 3. The predicted molar refractivity (Wildman–Crippen MR) is 85.6 cm³/mol. The van der Waals surface area contributed by atoms with E-state index in [9.17, 15) is 9.18 Å². The van der Waals surface area contributed by atoms with Crippen molar-refractivity contribution < 1.29 is 9.18 Å². The van der Waals surface area contributed by atoms with Crippen molar-refractivity contribution in [1.29, 1.82) is 0 Å². The Morgan fingerprint density at radius 1 is 1.05 bits per heavy atom. The van der Waals surface area contributed by atoms with Crippen molar-refractivity contribution in [3.8, 4) is 0 Å². The van der Waals surface area contributed by atoms with E-state index in [4.69, 9.17) is 0 Å². The first-order valence-electron chi connectivity index (χ1n) is 8.48. The van der Waals surface area contributed by atoms with Crippen LogP contribution in [0.15, 0.2) is 24.3 Å². The first-order chi connectivity index (χ1) is 10.7. The summed E-state index contributed by atoms with van der Waals surface area (Å²) in [5.74, 6) is -0.509. The summed E-state index contributed by atoms with van der Waals surface area (Å²) in [6.07, 6.45) is 6.28. The molecule has 2 aliphatic rings. The summed E-state index contributed by atoms with van der Waals surface area (Å²) < 4.78 is 13.7. The van der Waals surface area contributed by atoms with Gasteiger partial charge in [-0.25, -0.2) is 4.39 Å². The minimum absolute atomic E-state index is 0.102. The van der Waals surface area contributed by atoms with Crippen LogP contribution in [-0.2, 0) is 0 Å². The number of carbonyl (C=O) groups is 1. The van der Waals surface area contributed by atoms with Crippen LogP contribution in [-0.4, -0.2) is 54.3 Å². The van der Waals surface area contributed by atoms with Gasteiger partial charge in [-0.2, -0.15) is 0 Å². The molecule has 0 unspecified atom stereocenters. The van der Waals surface area contributed by atoms with Crippen LogP contribution in [0, 0.1) is 5.82 Å². The molecule has 1 aromatic rings. The highest BCUT2D eigenvalue weighted by molar-refractivity contribution is 5.97. The molecule has 2 fully saturated rings. The molecule has 2 aliphatic heterocycles. The second kappa shape index (κ2) is 7.34. The van der Waals surface area contributed by atoms with Crippen molar-refractivity contribution >= 4 is 5.78 Å². The number of carbonyl (C=O) groups excluding carboxylic acids is 1. The molecule has 0 N–H and O–H groups in total. The van der Waals surface area contributed by atoms with Crippen LogP contribution in [0.3, 0.4) is 0 Å². The molecular formula is C18H25FN2O. The average molecular weight is 304 g/mol. The monoisotopic (exact) mass is 304 g/mol. The van der Waals surface area contributed by atoms with E-state index in [1.165, 1.54) is 38.4 Å². The van der Waals surface area contributed by atoms with Crippen molar-refractivity contribution in [3.05, 3.63) is 35.6 Å². The van der Waals surface area contributed by atoms with Gasteiger partial charge in [0.05, 0.1) is 12.1 Å². The Morgan fingerprint density at radius 2 is 1.73 bits per heavy atom. The van der Waals surface area contributed by atoms with Crippen LogP contribution in [0.5, 0.6) is 0 Å². The molecule has 4 heteroatoms. The maximum Gasteiger partial charge on any atom is 0.179 e. The normalized spacial score (nSPS) is 21.9. The average Bonchev–Trinajstić information content (AvgIpc) is 2.57. The number of halogens is 1. The summed E-state index contributed by atoms with van der Waals surface area (Å²) in [6, 6.07) is 6.96. The fourth-order valence-electron chi connectivity index (χ4n) is 3.70. The number of nitrogens with zero attached hydrogens (tertiary/aromatic N) is 2. The van der Waals surface area contributed by atoms with E-state index < -0.39 is 5.82 Å². The van der Waals surface area contributed by atoms with E-state index in [1.54, 1.807) is 18.2 Å². The molecule has 0 aliphatic carbocycles. The Labute approximate surface area is 132 Å². The van der Waals surface area contributed by atoms with Gasteiger partial charge < -0.3 is 4.90 Å². The van der Waals surface area contributed by atoms with Gasteiger partial charge in [0.15, 0.2) is 5.78 Å². The van der Waals surface area contributed by atoms with Crippen molar-refractivity contribution in [1.82, 2.24) is 9.80 Å². The molecule has 3 rings (SSSR count). The zero-order valence-corrected chi connectivity index (χ0v) is 13.1. The molecule has 22 heavy (non-hydrogen) atoms. The molecule has 0 aromatic heterocycles. The molecule has 0 atom stereocenters. The highest BCUT2D eigenvalue weighted by Gasteiger charge is 2.26. The number of Topliss-reactive ketones (excluding diaryl/α,β-unsaturated/α-hetero) is 1. The lowest BCUT2D eigenvalue weighted by Gasteiger charge is -2.40. The Hall–Kier alpha value is -1.26. The predicted octanol–water partition coefficient (Wildman–Crippen LogP) is 2.96. The SMILES string of the molecule is O=C(CN1CCC(N2CCCCC2)CC1)c1ccccc1F. The number of rotatable bonds is 4. The van der Waals surface area contributed by atoms with Gasteiger partial charge in [0.25, 0.3) is 0 Å². The number of likely N-dealkylation sites (tertiary alicyclic amines) is 2. The summed E-state index contributed by atoms with van der Waals surface area (Å²) in [6.45, 7) is 4.70. The maximum atomic E-state index is 13.7. The van der Waals surface area contributed by atoms with Gasteiger partial charge in [-0.1, -0.05) is 18.6 Å². The molecule has 2 heterocycles. The molecule has 3 nitrogen and oxygen atoms in total. The van der Waals surface area contributed by atoms with E-state index >= 15 is 0 Å². The summed E-state index contributed by atoms with van der Waals surface area (Å²) in [5, 5.41) is 0. The zero-order valence-electron chi connectivity index (χ0n) is 13.1. The van der Waals surface area contributed by atoms with Crippen LogP contribution < -0.4 is 0 Å². The second-order valence-electron chi connectivity index (χ2n) is 6.51. The Morgan fingerprint density at radius 3 is 2.41 bits per heavy atom. The molecule has 1 aromatic carbocycles. The minimum atomic E-state index is -0.407. The van der Waals surface area contributed by atoms with Gasteiger partial charge >= 0.3 is 0 Å². The van der Waals surface area contributed by atoms with E-state index in [2.05, 4.69) is 9.80 Å². The number of hydrogen-bond donors (Lipinski definition) is 0. The molecule has 0 amide bonds. The third-order valence-corrected chi connectivity index (χ3v) is 5.01. The highest BCUT2D eigenvalue weighted by atomic mass is 19.1. The third-order valence-electron chi connectivity index (χ3n) is 5.01. The Balaban J connectivity index is 1.49. The minimum Gasteiger partial charge on any atom is -0.300 e. The van der Waals surface area contributed by atoms with Crippen LogP contribution in [0.2, 0.25) is 0 Å². The zero-order chi connectivity index (χ0) is 15.4. The molecule has 0 radical (unpaired) electrons. The lowest BCUT2D eigenvalue weighted by atomic mass is 9.99. The van der Waals surface area contributed by atoms with Crippen LogP contribution in [0.1, 0.15) is 42.5 Å². The van der Waals surface area contributed by atoms with E-state index in [0.29, 0.717) is 12.6 Å². The fraction of sp³-hybridized carbons (Fsp3) is 0.611. The molecule has 0 spiro atoms. The highest BCUT2D eigenvalue weighted by Crippen LogP contribution is 2.21. The van der Waals surface area contributed by atoms with Crippen molar-refractivity contribution in [3.63, 3.8) is 0 Å². The third kappa shape index (κ3) is 3.73. The lowest BCUT2D eigenvalue weighted by molar-refractivity contribution is 0.0772. The summed E-state index contributed by atoms with van der Waals surface area (Å²) in [5.41, 5.74) is 0.223. The van der Waals surface area contributed by atoms with Gasteiger partial charge in [0.2, 0.25) is 0 Å². The summed E-state index contributed by atoms with van der Waals surface area (Å²) in [7, 11) is 0. The number of benzene rings is 1. The second-order valence-corrected chi connectivity index (χ2v) is 6.51. The maximum absolute atomic E-state index is 13.7. The van der Waals surface area contributed by atoms with Crippen molar-refractivity contribution in [2.45, 2.75) is 38.1 Å². The van der Waals surface area contributed by atoms with Gasteiger partial charge in [-0.3, -0.25) is 9.69 Å². The molecule has 0 saturated carbocycles. The standard InChI is InChI=1S/C18H25FN2O/c19-17-7-3-2-6-16(17)18(22)14-20-12-8-15(9-13-20)21-10-4-1-5-11-21/h2-3,6-7,15H,1,4-5,8-14H2. The molecular weight excluding hydrogens is 279 g/mol. The first-order valence-corrected chi connectivity index (χ1v) is 8.48. The van der Waals surface area contributed by atoms with E-state index in [0.717, 1.165) is 25.9 Å². The fourth-order valence-corrected chi connectivity index (χ4v) is 3.70. The van der Waals surface area contributed by atoms with E-state index in [-0.39, 0.29) is 11.3 Å². The largest absolute Gasteiger partial charge is 0.300 e. The summed E-state index contributed by atoms with van der Waals surface area (Å²) >= 11 is 0. The number of piperidine rings is 2. The summed E-state index contributed by atoms with van der Waals surface area (Å²) in [4.78, 5) is 17.0. The van der Waals surface area contributed by atoms with Gasteiger partial charge in [0, 0.05) is 19.1 Å². The van der Waals surface area contributed by atoms with Crippen LogP contribution in [0.25, 0.3) is 0 Å². The molecule has 120 valence electrons. The van der Waals surface area contributed by atoms with Crippen LogP contribution >= 0.6 is 0 Å². The smallest absolute Gasteiger partial charge is 0.179 e.